The Bertz CT molecular complexity index is 656. The van der Waals surface area contributed by atoms with Crippen molar-refractivity contribution < 1.29 is 23.5 Å². The van der Waals surface area contributed by atoms with Crippen LogP contribution < -0.4 is 9.86 Å². The van der Waals surface area contributed by atoms with E-state index in [-0.39, 0.29) is 29.3 Å². The molecule has 2 amide bonds. The Morgan fingerprint density at radius 2 is 2.12 bits per heavy atom. The van der Waals surface area contributed by atoms with Crippen LogP contribution in [0.2, 0.25) is 5.02 Å². The van der Waals surface area contributed by atoms with Crippen molar-refractivity contribution in [2.24, 2.45) is 0 Å². The molecule has 26 heavy (non-hydrogen) atoms. The highest BCUT2D eigenvalue weighted by Crippen LogP contribution is 2.32. The maximum Gasteiger partial charge on any atom is 0.353 e. The number of likely N-dealkylation sites (tertiary alicyclic amines) is 1. The van der Waals surface area contributed by atoms with E-state index in [4.69, 9.17) is 21.1 Å². The Hall–Kier alpha value is -2.02. The third kappa shape index (κ3) is 4.78. The molecular formula is C18H24ClFN2O4. The number of rotatable bonds is 5. The van der Waals surface area contributed by atoms with Crippen molar-refractivity contribution in [2.75, 3.05) is 18.3 Å². The number of halogens is 2. The molecule has 1 saturated heterocycles. The number of hydrogen-bond acceptors (Lipinski definition) is 4. The minimum Gasteiger partial charge on any atom is -0.489 e. The molecule has 1 aliphatic heterocycles. The third-order valence-electron chi connectivity index (χ3n) is 3.98. The van der Waals surface area contributed by atoms with Crippen LogP contribution in [0.1, 0.15) is 40.0 Å². The first-order valence-electron chi connectivity index (χ1n) is 8.74. The number of carbonyl (C=O) groups excluding carboxylic acids is 2. The Morgan fingerprint density at radius 1 is 1.38 bits per heavy atom. The Kier molecular flexibility index (Phi) is 7.08. The second-order valence-electron chi connectivity index (χ2n) is 6.30. The fourth-order valence-electron chi connectivity index (χ4n) is 2.83. The molecule has 1 aromatic rings. The van der Waals surface area contributed by atoms with Gasteiger partial charge in [-0.25, -0.2) is 9.59 Å². The molecule has 0 spiro atoms. The van der Waals surface area contributed by atoms with E-state index in [0.29, 0.717) is 24.4 Å². The van der Waals surface area contributed by atoms with Gasteiger partial charge < -0.3 is 14.4 Å². The molecule has 1 atom stereocenters. The molecule has 2 rings (SSSR count). The summed E-state index contributed by atoms with van der Waals surface area (Å²) in [7, 11) is 0. The van der Waals surface area contributed by atoms with E-state index in [1.165, 1.54) is 23.1 Å². The average Bonchev–Trinajstić information content (AvgIpc) is 2.62. The van der Waals surface area contributed by atoms with E-state index < -0.39 is 18.0 Å². The van der Waals surface area contributed by atoms with Gasteiger partial charge in [-0.15, -0.1) is 5.12 Å². The molecule has 0 aromatic heterocycles. The Morgan fingerprint density at radius 3 is 2.77 bits per heavy atom. The van der Waals surface area contributed by atoms with E-state index in [0.717, 1.165) is 6.42 Å². The highest BCUT2D eigenvalue weighted by molar-refractivity contribution is 6.32. The molecule has 1 unspecified atom stereocenters. The molecule has 1 fully saturated rings. The van der Waals surface area contributed by atoms with Crippen molar-refractivity contribution in [1.82, 2.24) is 4.90 Å². The number of anilines is 1. The normalized spacial score (nSPS) is 17.2. The molecule has 6 nitrogen and oxygen atoms in total. The minimum atomic E-state index is -0.902. The smallest absolute Gasteiger partial charge is 0.353 e. The molecular weight excluding hydrogens is 363 g/mol. The summed E-state index contributed by atoms with van der Waals surface area (Å²) in [4.78, 5) is 26.0. The van der Waals surface area contributed by atoms with Gasteiger partial charge in [0, 0.05) is 12.6 Å². The van der Waals surface area contributed by atoms with Crippen LogP contribution in [0.5, 0.6) is 5.75 Å². The number of ether oxygens (including phenoxy) is 2. The summed E-state index contributed by atoms with van der Waals surface area (Å²) in [5, 5.41) is 0.340. The SMILES string of the molecule is CCOC(=O)C1CCCCN1C(=O)N(F)c1ccc(Cl)c(OC(C)C)c1. The van der Waals surface area contributed by atoms with Gasteiger partial charge >= 0.3 is 12.0 Å². The zero-order valence-electron chi connectivity index (χ0n) is 15.2. The van der Waals surface area contributed by atoms with Crippen LogP contribution >= 0.6 is 11.6 Å². The number of hydrogen-bond donors (Lipinski definition) is 0. The fraction of sp³-hybridized carbons (Fsp3) is 0.556. The van der Waals surface area contributed by atoms with Gasteiger partial charge in [0.2, 0.25) is 0 Å². The van der Waals surface area contributed by atoms with E-state index in [2.05, 4.69) is 0 Å². The quantitative estimate of drug-likeness (QED) is 0.557. The fourth-order valence-corrected chi connectivity index (χ4v) is 2.99. The van der Waals surface area contributed by atoms with Crippen molar-refractivity contribution in [2.45, 2.75) is 52.2 Å². The molecule has 0 N–H and O–H groups in total. The second kappa shape index (κ2) is 9.07. The van der Waals surface area contributed by atoms with Gasteiger partial charge in [0.1, 0.15) is 11.8 Å². The van der Waals surface area contributed by atoms with Gasteiger partial charge in [-0.3, -0.25) is 0 Å². The predicted octanol–water partition coefficient (Wildman–Crippen LogP) is 4.36. The summed E-state index contributed by atoms with van der Waals surface area (Å²) in [5.74, 6) is -0.218. The van der Waals surface area contributed by atoms with E-state index >= 15 is 0 Å². The van der Waals surface area contributed by atoms with Crippen molar-refractivity contribution in [3.8, 4) is 5.75 Å². The number of carbonyl (C=O) groups is 2. The van der Waals surface area contributed by atoms with Crippen molar-refractivity contribution >= 4 is 29.3 Å². The van der Waals surface area contributed by atoms with Gasteiger partial charge in [-0.05, 0) is 52.2 Å². The number of nitrogens with zero attached hydrogens (tertiary/aromatic N) is 2. The van der Waals surface area contributed by atoms with Crippen molar-refractivity contribution in [3.05, 3.63) is 23.2 Å². The van der Waals surface area contributed by atoms with E-state index in [9.17, 15) is 14.1 Å². The lowest BCUT2D eigenvalue weighted by Crippen LogP contribution is -2.52. The number of piperidine rings is 1. The molecule has 144 valence electrons. The lowest BCUT2D eigenvalue weighted by atomic mass is 10.0. The van der Waals surface area contributed by atoms with Crippen LogP contribution in [0, 0.1) is 0 Å². The molecule has 0 bridgehead atoms. The first-order chi connectivity index (χ1) is 12.3. The minimum absolute atomic E-state index is 0.0109. The zero-order valence-corrected chi connectivity index (χ0v) is 16.0. The molecule has 0 saturated carbocycles. The third-order valence-corrected chi connectivity index (χ3v) is 4.29. The molecule has 0 radical (unpaired) electrons. The summed E-state index contributed by atoms with van der Waals surface area (Å²) in [5.41, 5.74) is -0.0109. The predicted molar refractivity (Wildman–Crippen MR) is 97.2 cm³/mol. The molecule has 0 aliphatic carbocycles. The number of benzene rings is 1. The maximum absolute atomic E-state index is 14.8. The first kappa shape index (κ1) is 20.3. The summed E-state index contributed by atoms with van der Waals surface area (Å²) in [6.45, 7) is 5.84. The topological polar surface area (TPSA) is 59.1 Å². The number of amides is 2. The lowest BCUT2D eigenvalue weighted by molar-refractivity contribution is -0.149. The van der Waals surface area contributed by atoms with Crippen LogP contribution in [0.15, 0.2) is 18.2 Å². The van der Waals surface area contributed by atoms with Crippen LogP contribution in [0.4, 0.5) is 15.0 Å². The monoisotopic (exact) mass is 386 g/mol. The van der Waals surface area contributed by atoms with Gasteiger partial charge in [-0.1, -0.05) is 16.1 Å². The largest absolute Gasteiger partial charge is 0.489 e. The van der Waals surface area contributed by atoms with E-state index in [1.54, 1.807) is 6.92 Å². The van der Waals surface area contributed by atoms with Crippen LogP contribution in [0.3, 0.4) is 0 Å². The molecule has 8 heteroatoms. The lowest BCUT2D eigenvalue weighted by Gasteiger charge is -2.35. The molecule has 1 aliphatic rings. The summed E-state index contributed by atoms with van der Waals surface area (Å²) < 4.78 is 25.3. The van der Waals surface area contributed by atoms with Crippen LogP contribution in [0.25, 0.3) is 0 Å². The maximum atomic E-state index is 14.8. The van der Waals surface area contributed by atoms with Crippen LogP contribution in [-0.2, 0) is 9.53 Å². The van der Waals surface area contributed by atoms with Gasteiger partial charge in [-0.2, -0.15) is 0 Å². The Balaban J connectivity index is 2.20. The van der Waals surface area contributed by atoms with Gasteiger partial charge in [0.05, 0.1) is 23.4 Å². The van der Waals surface area contributed by atoms with Crippen molar-refractivity contribution in [3.63, 3.8) is 0 Å². The zero-order chi connectivity index (χ0) is 19.3. The molecule has 1 aromatic carbocycles. The molecule has 1 heterocycles. The first-order valence-corrected chi connectivity index (χ1v) is 9.12. The standard InChI is InChI=1S/C18H24ClFN2O4/c1-4-25-17(23)15-7-5-6-10-21(15)18(24)22(20)13-8-9-14(19)16(11-13)26-12(2)3/h8-9,11-12,15H,4-7,10H2,1-3H3. The second-order valence-corrected chi connectivity index (χ2v) is 6.71. The Labute approximate surface area is 157 Å². The number of urea groups is 1. The highest BCUT2D eigenvalue weighted by Gasteiger charge is 2.36. The van der Waals surface area contributed by atoms with Gasteiger partial charge in [0.25, 0.3) is 0 Å². The summed E-state index contributed by atoms with van der Waals surface area (Å²) in [6.07, 6.45) is 1.80. The van der Waals surface area contributed by atoms with Crippen LogP contribution in [-0.4, -0.2) is 42.2 Å². The van der Waals surface area contributed by atoms with E-state index in [1.807, 2.05) is 13.8 Å². The average molecular weight is 387 g/mol. The summed E-state index contributed by atoms with van der Waals surface area (Å²) >= 11 is 6.05. The highest BCUT2D eigenvalue weighted by atomic mass is 35.5. The summed E-state index contributed by atoms with van der Waals surface area (Å²) in [6, 6.07) is 2.54. The van der Waals surface area contributed by atoms with Crippen molar-refractivity contribution in [1.29, 1.82) is 0 Å². The number of esters is 1. The van der Waals surface area contributed by atoms with Gasteiger partial charge in [0.15, 0.2) is 0 Å².